The first kappa shape index (κ1) is 5.21. The maximum Gasteiger partial charge on any atom is 0.183 e. The lowest BCUT2D eigenvalue weighted by molar-refractivity contribution is -0.412. The molecule has 0 saturated carbocycles. The first-order valence-corrected chi connectivity index (χ1v) is 1.69. The molecule has 0 unspecified atom stereocenters. The van der Waals surface area contributed by atoms with E-state index in [0.717, 1.165) is 0 Å². The fourth-order valence-corrected chi connectivity index (χ4v) is 0.147. The van der Waals surface area contributed by atoms with Crippen LogP contribution in [-0.2, 0) is 0 Å². The second-order valence-electron chi connectivity index (χ2n) is 1.10. The summed E-state index contributed by atoms with van der Waals surface area (Å²) in [6.45, 7) is 3.49. The van der Waals surface area contributed by atoms with E-state index in [1.165, 1.54) is 6.20 Å². The minimum absolute atomic E-state index is 1.44. The molecule has 0 aliphatic heterocycles. The molecule has 0 amide bonds. The molecule has 0 aromatic carbocycles. The van der Waals surface area contributed by atoms with E-state index in [4.69, 9.17) is 5.73 Å². The van der Waals surface area contributed by atoms with Crippen LogP contribution in [0.2, 0.25) is 0 Å². The first-order valence-electron chi connectivity index (χ1n) is 1.69. The topological polar surface area (TPSA) is 29.0 Å². The van der Waals surface area contributed by atoms with Gasteiger partial charge in [0.25, 0.3) is 0 Å². The molecule has 0 radical (unpaired) electrons. The molecule has 0 aromatic heterocycles. The summed E-state index contributed by atoms with van der Waals surface area (Å²) in [6, 6.07) is 0. The number of hydrogen-bond donors (Lipinski definition) is 1. The monoisotopic (exact) mass is 85.1 g/mol. The number of hydrogen-bond acceptors (Lipinski definition) is 1. The largest absolute Gasteiger partial charge is 0.400 e. The van der Waals surface area contributed by atoms with Crippen molar-refractivity contribution in [1.29, 1.82) is 0 Å². The van der Waals surface area contributed by atoms with Crippen LogP contribution in [0.5, 0.6) is 0 Å². The fraction of sp³-hybridized carbons (Fsp3) is 0.250. The summed E-state index contributed by atoms with van der Waals surface area (Å²) in [5.74, 6) is 0. The van der Waals surface area contributed by atoms with Crippen LogP contribution in [0.3, 0.4) is 0 Å². The van der Waals surface area contributed by atoms with Gasteiger partial charge in [0.05, 0.1) is 6.20 Å². The molecule has 0 aromatic rings. The molecule has 2 heteroatoms. The lowest BCUT2D eigenvalue weighted by Gasteiger charge is -1.72. The van der Waals surface area contributed by atoms with E-state index in [2.05, 4.69) is 6.72 Å². The summed E-state index contributed by atoms with van der Waals surface area (Å²) in [4.78, 5) is 0. The number of nitrogens with zero attached hydrogens (tertiary/aromatic N) is 1. The van der Waals surface area contributed by atoms with Crippen molar-refractivity contribution in [2.75, 3.05) is 7.05 Å². The molecular weight excluding hydrogens is 76.1 g/mol. The van der Waals surface area contributed by atoms with Crippen molar-refractivity contribution in [3.8, 4) is 0 Å². The number of rotatable bonds is 1. The highest BCUT2D eigenvalue weighted by molar-refractivity contribution is 5.14. The molecule has 0 saturated heterocycles. The van der Waals surface area contributed by atoms with Gasteiger partial charge in [-0.25, -0.2) is 4.58 Å². The van der Waals surface area contributed by atoms with Crippen molar-refractivity contribution < 1.29 is 4.58 Å². The van der Waals surface area contributed by atoms with E-state index in [1.807, 2.05) is 7.05 Å². The first-order chi connectivity index (χ1) is 2.77. The second kappa shape index (κ2) is 2.45. The molecule has 2 nitrogen and oxygen atoms in total. The SMILES string of the molecule is C=[N+](C)C=CN. The average Bonchev–Trinajstić information content (AvgIpc) is 1.35. The Bertz CT molecular complexity index is 73.6. The Labute approximate surface area is 37.6 Å². The molecule has 34 valence electrons. The van der Waals surface area contributed by atoms with E-state index in [9.17, 15) is 0 Å². The third-order valence-corrected chi connectivity index (χ3v) is 0.341. The van der Waals surface area contributed by atoms with E-state index in [0.29, 0.717) is 0 Å². The Morgan fingerprint density at radius 3 is 2.33 bits per heavy atom. The van der Waals surface area contributed by atoms with Crippen molar-refractivity contribution in [2.24, 2.45) is 5.73 Å². The lowest BCUT2D eigenvalue weighted by atomic mass is 10.9. The van der Waals surface area contributed by atoms with Crippen molar-refractivity contribution in [3.63, 3.8) is 0 Å². The highest BCUT2D eigenvalue weighted by Gasteiger charge is 1.69. The van der Waals surface area contributed by atoms with Gasteiger partial charge in [0, 0.05) is 0 Å². The molecule has 0 heterocycles. The zero-order chi connectivity index (χ0) is 4.99. The molecule has 0 atom stereocenters. The van der Waals surface area contributed by atoms with Gasteiger partial charge in [-0.15, -0.1) is 0 Å². The van der Waals surface area contributed by atoms with Gasteiger partial charge >= 0.3 is 0 Å². The highest BCUT2D eigenvalue weighted by Crippen LogP contribution is 1.57. The molecule has 0 spiro atoms. The van der Waals surface area contributed by atoms with E-state index in [1.54, 1.807) is 10.8 Å². The van der Waals surface area contributed by atoms with Gasteiger partial charge in [-0.05, 0) is 0 Å². The summed E-state index contributed by atoms with van der Waals surface area (Å²) in [6.07, 6.45) is 3.10. The molecule has 0 aliphatic carbocycles. The zero-order valence-electron chi connectivity index (χ0n) is 3.89. The predicted octanol–water partition coefficient (Wildman–Crippen LogP) is -0.241. The number of nitrogens with two attached hydrogens (primary N) is 1. The quantitative estimate of drug-likeness (QED) is 0.345. The summed E-state index contributed by atoms with van der Waals surface area (Å²) in [5.41, 5.74) is 4.97. The maximum atomic E-state index is 4.97. The summed E-state index contributed by atoms with van der Waals surface area (Å²) in [5, 5.41) is 0. The molecule has 0 aliphatic rings. The van der Waals surface area contributed by atoms with Crippen LogP contribution >= 0.6 is 0 Å². The van der Waals surface area contributed by atoms with Crippen molar-refractivity contribution in [2.45, 2.75) is 0 Å². The van der Waals surface area contributed by atoms with Gasteiger partial charge in [0.2, 0.25) is 0 Å². The van der Waals surface area contributed by atoms with E-state index in [-0.39, 0.29) is 0 Å². The Morgan fingerprint density at radius 1 is 1.83 bits per heavy atom. The van der Waals surface area contributed by atoms with E-state index < -0.39 is 0 Å². The normalized spacial score (nSPS) is 9.50. The average molecular weight is 85.1 g/mol. The molecule has 0 fully saturated rings. The standard InChI is InChI=1S/C4H9N2/c1-6(2)4-3-5/h3-4H,1,5H2,2H3/q+1. The Balaban J connectivity index is 3.30. The van der Waals surface area contributed by atoms with Gasteiger partial charge in [0.15, 0.2) is 6.20 Å². The summed E-state index contributed by atoms with van der Waals surface area (Å²) < 4.78 is 1.62. The molecule has 2 N–H and O–H groups in total. The maximum absolute atomic E-state index is 4.97. The molecule has 0 rings (SSSR count). The van der Waals surface area contributed by atoms with E-state index >= 15 is 0 Å². The summed E-state index contributed by atoms with van der Waals surface area (Å²) >= 11 is 0. The molecule has 0 bridgehead atoms. The highest BCUT2D eigenvalue weighted by atomic mass is 14.9. The van der Waals surface area contributed by atoms with Crippen LogP contribution in [0.1, 0.15) is 0 Å². The van der Waals surface area contributed by atoms with Crippen LogP contribution in [0.15, 0.2) is 12.4 Å². The third-order valence-electron chi connectivity index (χ3n) is 0.341. The van der Waals surface area contributed by atoms with Gasteiger partial charge in [-0.3, -0.25) is 0 Å². The van der Waals surface area contributed by atoms with Crippen LogP contribution in [0.4, 0.5) is 0 Å². The van der Waals surface area contributed by atoms with Crippen LogP contribution < -0.4 is 5.73 Å². The fourth-order valence-electron chi connectivity index (χ4n) is 0.147. The minimum atomic E-state index is 1.44. The second-order valence-corrected chi connectivity index (χ2v) is 1.10. The van der Waals surface area contributed by atoms with Crippen molar-refractivity contribution >= 4 is 6.72 Å². The lowest BCUT2D eigenvalue weighted by Crippen LogP contribution is -1.90. The van der Waals surface area contributed by atoms with Gasteiger partial charge in [0.1, 0.15) is 13.8 Å². The van der Waals surface area contributed by atoms with Gasteiger partial charge in [-0.2, -0.15) is 0 Å². The minimum Gasteiger partial charge on any atom is -0.400 e. The zero-order valence-corrected chi connectivity index (χ0v) is 3.89. The van der Waals surface area contributed by atoms with Crippen LogP contribution in [0.25, 0.3) is 0 Å². The smallest absolute Gasteiger partial charge is 0.183 e. The Kier molecular flexibility index (Phi) is 2.13. The summed E-state index contributed by atoms with van der Waals surface area (Å²) in [7, 11) is 1.81. The van der Waals surface area contributed by atoms with Gasteiger partial charge in [-0.1, -0.05) is 0 Å². The molecule has 6 heavy (non-hydrogen) atoms. The van der Waals surface area contributed by atoms with Crippen molar-refractivity contribution in [3.05, 3.63) is 12.4 Å². The predicted molar refractivity (Wildman–Crippen MR) is 26.6 cm³/mol. The molecular formula is C4H9N2+. The Hall–Kier alpha value is -0.790. The van der Waals surface area contributed by atoms with Crippen LogP contribution in [0, 0.1) is 0 Å². The van der Waals surface area contributed by atoms with Crippen LogP contribution in [-0.4, -0.2) is 18.3 Å². The Morgan fingerprint density at radius 2 is 2.33 bits per heavy atom. The third kappa shape index (κ3) is 3.21. The van der Waals surface area contributed by atoms with Crippen molar-refractivity contribution in [1.82, 2.24) is 0 Å². The van der Waals surface area contributed by atoms with Gasteiger partial charge < -0.3 is 5.73 Å².